The number of thiophene rings is 1. The standard InChI is InChI=1S/C62H38N2S/c1-3-15-42(16-4-1)58-49-20-9-10-21-50(49)59(61-48-19-8-7-14-40(48)34-35-53(58)61)47-33-32-45-36-44(30-31-46(45)37-47)39-26-28-41(29-27-39)54-38-55(64-62(63-54)43-17-5-2-6-18-43)51-23-13-25-57-60(51)52-22-11-12-24-56(52)65-57/h1-38H. The molecule has 0 aliphatic heterocycles. The molecule has 0 radical (unpaired) electrons. The van der Waals surface area contributed by atoms with Crippen LogP contribution in [0.3, 0.4) is 0 Å². The molecule has 0 aliphatic rings. The van der Waals surface area contributed by atoms with Gasteiger partial charge in [0.05, 0.1) is 11.4 Å². The van der Waals surface area contributed by atoms with Crippen LogP contribution in [0.2, 0.25) is 0 Å². The Morgan fingerprint density at radius 1 is 0.277 bits per heavy atom. The summed E-state index contributed by atoms with van der Waals surface area (Å²) in [7, 11) is 0. The fraction of sp³-hybridized carbons (Fsp3) is 0. The maximum atomic E-state index is 5.21. The minimum Gasteiger partial charge on any atom is -0.228 e. The number of benzene rings is 11. The normalized spacial score (nSPS) is 11.7. The van der Waals surface area contributed by atoms with Crippen molar-refractivity contribution >= 4 is 74.6 Å². The van der Waals surface area contributed by atoms with Crippen molar-refractivity contribution in [3.8, 4) is 67.3 Å². The molecule has 0 aliphatic carbocycles. The van der Waals surface area contributed by atoms with Crippen LogP contribution in [0.25, 0.3) is 131 Å². The highest BCUT2D eigenvalue weighted by molar-refractivity contribution is 7.25. The highest BCUT2D eigenvalue weighted by atomic mass is 32.1. The van der Waals surface area contributed by atoms with Gasteiger partial charge >= 0.3 is 0 Å². The Balaban J connectivity index is 0.902. The predicted molar refractivity (Wildman–Crippen MR) is 278 cm³/mol. The summed E-state index contributed by atoms with van der Waals surface area (Å²) in [5.74, 6) is 0.717. The molecule has 0 fully saturated rings. The summed E-state index contributed by atoms with van der Waals surface area (Å²) in [4.78, 5) is 10.4. The van der Waals surface area contributed by atoms with E-state index in [-0.39, 0.29) is 0 Å². The third-order valence-electron chi connectivity index (χ3n) is 13.1. The lowest BCUT2D eigenvalue weighted by Crippen LogP contribution is -1.96. The van der Waals surface area contributed by atoms with E-state index in [2.05, 4.69) is 212 Å². The van der Waals surface area contributed by atoms with Crippen molar-refractivity contribution in [2.75, 3.05) is 0 Å². The zero-order chi connectivity index (χ0) is 42.8. The number of rotatable bonds is 6. The van der Waals surface area contributed by atoms with Gasteiger partial charge < -0.3 is 0 Å². The zero-order valence-electron chi connectivity index (χ0n) is 35.2. The van der Waals surface area contributed by atoms with Crippen LogP contribution in [-0.2, 0) is 0 Å². The van der Waals surface area contributed by atoms with Gasteiger partial charge in [0.25, 0.3) is 0 Å². The minimum atomic E-state index is 0.717. The van der Waals surface area contributed by atoms with E-state index in [0.29, 0.717) is 5.82 Å². The molecule has 0 N–H and O–H groups in total. The van der Waals surface area contributed by atoms with Crippen LogP contribution in [0.1, 0.15) is 0 Å². The van der Waals surface area contributed by atoms with Crippen LogP contribution in [0.4, 0.5) is 0 Å². The molecule has 13 rings (SSSR count). The van der Waals surface area contributed by atoms with Crippen LogP contribution in [-0.4, -0.2) is 9.97 Å². The van der Waals surface area contributed by atoms with Crippen LogP contribution in [0.15, 0.2) is 231 Å². The Labute approximate surface area is 380 Å². The lowest BCUT2D eigenvalue weighted by atomic mass is 9.83. The van der Waals surface area contributed by atoms with Crippen molar-refractivity contribution in [2.45, 2.75) is 0 Å². The van der Waals surface area contributed by atoms with Gasteiger partial charge in [-0.1, -0.05) is 200 Å². The molecule has 11 aromatic carbocycles. The first-order chi connectivity index (χ1) is 32.2. The molecule has 0 spiro atoms. The Hall–Kier alpha value is -8.24. The number of nitrogens with zero attached hydrogens (tertiary/aromatic N) is 2. The molecular weight excluding hydrogens is 805 g/mol. The maximum Gasteiger partial charge on any atom is 0.160 e. The molecule has 0 saturated carbocycles. The van der Waals surface area contributed by atoms with Crippen molar-refractivity contribution in [1.29, 1.82) is 0 Å². The van der Waals surface area contributed by atoms with Gasteiger partial charge in [-0.15, -0.1) is 11.3 Å². The van der Waals surface area contributed by atoms with E-state index in [0.717, 1.165) is 33.6 Å². The third kappa shape index (κ3) is 6.31. The van der Waals surface area contributed by atoms with Crippen molar-refractivity contribution in [2.24, 2.45) is 0 Å². The third-order valence-corrected chi connectivity index (χ3v) is 14.2. The summed E-state index contributed by atoms with van der Waals surface area (Å²) in [6.07, 6.45) is 0. The van der Waals surface area contributed by atoms with Gasteiger partial charge in [0.1, 0.15) is 0 Å². The van der Waals surface area contributed by atoms with E-state index >= 15 is 0 Å². The summed E-state index contributed by atoms with van der Waals surface area (Å²) in [6, 6.07) is 83.5. The largest absolute Gasteiger partial charge is 0.228 e. The molecule has 302 valence electrons. The molecule has 65 heavy (non-hydrogen) atoms. The topological polar surface area (TPSA) is 25.8 Å². The first-order valence-electron chi connectivity index (χ1n) is 22.1. The molecule has 0 saturated heterocycles. The maximum absolute atomic E-state index is 5.21. The van der Waals surface area contributed by atoms with Gasteiger partial charge in [0.2, 0.25) is 0 Å². The number of hydrogen-bond donors (Lipinski definition) is 0. The number of aromatic nitrogens is 2. The SMILES string of the molecule is c1ccc(-c2nc(-c3ccc(-c4ccc5cc(-c6c7ccccc7c(-c7ccccc7)c7ccc8ccccc8c67)ccc5c4)cc3)cc(-c3cccc4sc5ccccc5c34)n2)cc1. The number of hydrogen-bond acceptors (Lipinski definition) is 3. The van der Waals surface area contributed by atoms with Gasteiger partial charge in [-0.05, 0) is 107 Å². The van der Waals surface area contributed by atoms with Crippen LogP contribution >= 0.6 is 11.3 Å². The van der Waals surface area contributed by atoms with E-state index in [1.165, 1.54) is 91.1 Å². The zero-order valence-corrected chi connectivity index (χ0v) is 36.1. The van der Waals surface area contributed by atoms with Gasteiger partial charge in [0, 0.05) is 36.9 Å². The monoisotopic (exact) mass is 842 g/mol. The molecule has 13 aromatic rings. The second-order valence-electron chi connectivity index (χ2n) is 16.8. The smallest absolute Gasteiger partial charge is 0.160 e. The van der Waals surface area contributed by atoms with Gasteiger partial charge in [0.15, 0.2) is 5.82 Å². The molecular formula is C62H38N2S. The van der Waals surface area contributed by atoms with Crippen molar-refractivity contribution in [1.82, 2.24) is 9.97 Å². The minimum absolute atomic E-state index is 0.717. The van der Waals surface area contributed by atoms with E-state index in [4.69, 9.17) is 9.97 Å². The van der Waals surface area contributed by atoms with Crippen molar-refractivity contribution in [3.63, 3.8) is 0 Å². The first-order valence-corrected chi connectivity index (χ1v) is 23.0. The van der Waals surface area contributed by atoms with Crippen molar-refractivity contribution < 1.29 is 0 Å². The Kier molecular flexibility index (Phi) is 8.75. The van der Waals surface area contributed by atoms with E-state index in [9.17, 15) is 0 Å². The molecule has 0 unspecified atom stereocenters. The second kappa shape index (κ2) is 15.2. The summed E-state index contributed by atoms with van der Waals surface area (Å²) in [6.45, 7) is 0. The average molecular weight is 843 g/mol. The molecule has 0 amide bonds. The summed E-state index contributed by atoms with van der Waals surface area (Å²) >= 11 is 1.83. The quantitative estimate of drug-likeness (QED) is 0.123. The Bertz CT molecular complexity index is 3980. The van der Waals surface area contributed by atoms with Crippen molar-refractivity contribution in [3.05, 3.63) is 231 Å². The fourth-order valence-corrected chi connectivity index (χ4v) is 11.1. The van der Waals surface area contributed by atoms with Crippen LogP contribution in [0, 0.1) is 0 Å². The summed E-state index contributed by atoms with van der Waals surface area (Å²) in [5.41, 5.74) is 12.3. The van der Waals surface area contributed by atoms with Gasteiger partial charge in [-0.2, -0.15) is 0 Å². The molecule has 2 nitrogen and oxygen atoms in total. The number of fused-ring (bicyclic) bond motifs is 8. The Morgan fingerprint density at radius 2 is 0.846 bits per heavy atom. The molecule has 2 heterocycles. The van der Waals surface area contributed by atoms with E-state index < -0.39 is 0 Å². The summed E-state index contributed by atoms with van der Waals surface area (Å²) in [5, 5.41) is 12.5. The molecule has 3 heteroatoms. The Morgan fingerprint density at radius 3 is 1.63 bits per heavy atom. The highest BCUT2D eigenvalue weighted by Gasteiger charge is 2.20. The van der Waals surface area contributed by atoms with E-state index in [1.807, 2.05) is 29.5 Å². The molecule has 2 aromatic heterocycles. The average Bonchev–Trinajstić information content (AvgIpc) is 3.77. The van der Waals surface area contributed by atoms with Crippen LogP contribution < -0.4 is 0 Å². The lowest BCUT2D eigenvalue weighted by molar-refractivity contribution is 1.19. The van der Waals surface area contributed by atoms with Gasteiger partial charge in [-0.25, -0.2) is 9.97 Å². The van der Waals surface area contributed by atoms with Crippen LogP contribution in [0.5, 0.6) is 0 Å². The molecule has 0 bridgehead atoms. The fourth-order valence-electron chi connectivity index (χ4n) is 10.0. The second-order valence-corrected chi connectivity index (χ2v) is 17.9. The highest BCUT2D eigenvalue weighted by Crippen LogP contribution is 2.47. The lowest BCUT2D eigenvalue weighted by Gasteiger charge is -2.19. The van der Waals surface area contributed by atoms with E-state index in [1.54, 1.807) is 0 Å². The van der Waals surface area contributed by atoms with Gasteiger partial charge in [-0.3, -0.25) is 0 Å². The molecule has 0 atom stereocenters. The summed E-state index contributed by atoms with van der Waals surface area (Å²) < 4.78 is 2.54. The predicted octanol–water partition coefficient (Wildman–Crippen LogP) is 17.5. The first kappa shape index (κ1) is 37.3.